The predicted octanol–water partition coefficient (Wildman–Crippen LogP) is 2.24. The third kappa shape index (κ3) is 2.91. The second kappa shape index (κ2) is 5.10. The van der Waals surface area contributed by atoms with Gasteiger partial charge in [0.25, 0.3) is 0 Å². The minimum atomic E-state index is -0.0195. The molecule has 0 amide bonds. The molecular weight excluding hydrogens is 329 g/mol. The molecule has 0 aliphatic rings. The van der Waals surface area contributed by atoms with E-state index in [2.05, 4.69) is 27.7 Å². The molecular formula is C12H8IN3O. The van der Waals surface area contributed by atoms with Crippen LogP contribution in [0.15, 0.2) is 36.7 Å². The number of hydrogen-bond acceptors (Lipinski definition) is 3. The standard InChI is InChI=1S/C12H8IN3O/c13-11-6-15-16(7-11)8-12(17)10-3-1-9(5-14)2-4-10/h1-4,6-7H,8H2. The van der Waals surface area contributed by atoms with Gasteiger partial charge in [0.15, 0.2) is 5.78 Å². The summed E-state index contributed by atoms with van der Waals surface area (Å²) in [6, 6.07) is 8.62. The molecule has 2 aromatic rings. The van der Waals surface area contributed by atoms with Gasteiger partial charge in [-0.1, -0.05) is 12.1 Å². The summed E-state index contributed by atoms with van der Waals surface area (Å²) in [6.45, 7) is 0.217. The van der Waals surface area contributed by atoms with E-state index in [-0.39, 0.29) is 12.3 Å². The number of carbonyl (C=O) groups excluding carboxylic acids is 1. The SMILES string of the molecule is N#Cc1ccc(C(=O)Cn2cc(I)cn2)cc1. The Morgan fingerprint density at radius 2 is 2.12 bits per heavy atom. The Balaban J connectivity index is 2.12. The van der Waals surface area contributed by atoms with Crippen molar-refractivity contribution in [2.75, 3.05) is 0 Å². The Morgan fingerprint density at radius 1 is 1.41 bits per heavy atom. The molecule has 2 rings (SSSR count). The fourth-order valence-electron chi connectivity index (χ4n) is 1.39. The minimum absolute atomic E-state index is 0.0195. The first-order valence-corrected chi connectivity index (χ1v) is 5.98. The van der Waals surface area contributed by atoms with Crippen LogP contribution in [0.3, 0.4) is 0 Å². The molecule has 1 heterocycles. The highest BCUT2D eigenvalue weighted by Crippen LogP contribution is 2.07. The molecule has 4 nitrogen and oxygen atoms in total. The fourth-order valence-corrected chi connectivity index (χ4v) is 1.84. The number of hydrogen-bond donors (Lipinski definition) is 0. The smallest absolute Gasteiger partial charge is 0.184 e. The summed E-state index contributed by atoms with van der Waals surface area (Å²) in [7, 11) is 0. The summed E-state index contributed by atoms with van der Waals surface area (Å²) >= 11 is 2.14. The quantitative estimate of drug-likeness (QED) is 0.638. The number of Topliss-reactive ketones (excluding diaryl/α,β-unsaturated/α-hetero) is 1. The molecule has 17 heavy (non-hydrogen) atoms. The predicted molar refractivity (Wildman–Crippen MR) is 70.4 cm³/mol. The van der Waals surface area contributed by atoms with Crippen molar-refractivity contribution < 1.29 is 4.79 Å². The van der Waals surface area contributed by atoms with Crippen LogP contribution in [0, 0.1) is 14.9 Å². The van der Waals surface area contributed by atoms with Crippen molar-refractivity contribution in [3.8, 4) is 6.07 Å². The van der Waals surface area contributed by atoms with Crippen molar-refractivity contribution in [1.29, 1.82) is 5.26 Å². The topological polar surface area (TPSA) is 58.7 Å². The average molecular weight is 337 g/mol. The Labute approximate surface area is 112 Å². The van der Waals surface area contributed by atoms with Crippen molar-refractivity contribution in [3.63, 3.8) is 0 Å². The van der Waals surface area contributed by atoms with Gasteiger partial charge < -0.3 is 0 Å². The Bertz CT molecular complexity index is 581. The normalized spacial score (nSPS) is 9.88. The first kappa shape index (κ1) is 11.8. The number of rotatable bonds is 3. The van der Waals surface area contributed by atoms with Gasteiger partial charge in [-0.05, 0) is 34.7 Å². The molecule has 0 atom stereocenters. The summed E-state index contributed by atoms with van der Waals surface area (Å²) in [5.74, 6) is -0.0195. The van der Waals surface area contributed by atoms with E-state index in [0.717, 1.165) is 3.57 Å². The van der Waals surface area contributed by atoms with Crippen molar-refractivity contribution in [2.24, 2.45) is 0 Å². The molecule has 0 aliphatic carbocycles. The number of benzene rings is 1. The van der Waals surface area contributed by atoms with Crippen LogP contribution in [-0.4, -0.2) is 15.6 Å². The van der Waals surface area contributed by atoms with E-state index in [1.807, 2.05) is 12.3 Å². The zero-order chi connectivity index (χ0) is 12.3. The Kier molecular flexibility index (Phi) is 3.54. The van der Waals surface area contributed by atoms with Crippen molar-refractivity contribution in [1.82, 2.24) is 9.78 Å². The van der Waals surface area contributed by atoms with Gasteiger partial charge in [0.05, 0.1) is 21.4 Å². The van der Waals surface area contributed by atoms with Crippen molar-refractivity contribution >= 4 is 28.4 Å². The molecule has 0 N–H and O–H groups in total. The van der Waals surface area contributed by atoms with Gasteiger partial charge in [0.2, 0.25) is 0 Å². The molecule has 0 fully saturated rings. The lowest BCUT2D eigenvalue weighted by Crippen LogP contribution is -2.10. The summed E-state index contributed by atoms with van der Waals surface area (Å²) in [5, 5.41) is 12.7. The molecule has 1 aromatic carbocycles. The summed E-state index contributed by atoms with van der Waals surface area (Å²) in [6.07, 6.45) is 3.51. The summed E-state index contributed by atoms with van der Waals surface area (Å²) in [4.78, 5) is 11.9. The van der Waals surface area contributed by atoms with Crippen LogP contribution in [0.4, 0.5) is 0 Å². The average Bonchev–Trinajstić information content (AvgIpc) is 2.75. The van der Waals surface area contributed by atoms with Crippen molar-refractivity contribution in [3.05, 3.63) is 51.4 Å². The van der Waals surface area contributed by atoms with E-state index in [4.69, 9.17) is 5.26 Å². The highest BCUT2D eigenvalue weighted by molar-refractivity contribution is 14.1. The van der Waals surface area contributed by atoms with Crippen LogP contribution >= 0.6 is 22.6 Å². The Hall–Kier alpha value is -1.68. The largest absolute Gasteiger partial charge is 0.292 e. The zero-order valence-electron chi connectivity index (χ0n) is 8.80. The number of halogens is 1. The van der Waals surface area contributed by atoms with Gasteiger partial charge in [0.1, 0.15) is 6.54 Å². The second-order valence-corrected chi connectivity index (χ2v) is 4.71. The lowest BCUT2D eigenvalue weighted by Gasteiger charge is -2.01. The van der Waals surface area contributed by atoms with E-state index in [1.165, 1.54) is 0 Å². The van der Waals surface area contributed by atoms with Crippen LogP contribution in [0.25, 0.3) is 0 Å². The maximum Gasteiger partial charge on any atom is 0.184 e. The molecule has 0 spiro atoms. The molecule has 5 heteroatoms. The van der Waals surface area contributed by atoms with Crippen LogP contribution in [-0.2, 0) is 6.54 Å². The zero-order valence-corrected chi connectivity index (χ0v) is 11.0. The first-order chi connectivity index (χ1) is 8.19. The van der Waals surface area contributed by atoms with Gasteiger partial charge >= 0.3 is 0 Å². The third-order valence-corrected chi connectivity index (χ3v) is 2.80. The molecule has 0 bridgehead atoms. The van der Waals surface area contributed by atoms with Crippen LogP contribution in [0.1, 0.15) is 15.9 Å². The van der Waals surface area contributed by atoms with E-state index in [0.29, 0.717) is 11.1 Å². The minimum Gasteiger partial charge on any atom is -0.292 e. The molecule has 0 unspecified atom stereocenters. The van der Waals surface area contributed by atoms with Gasteiger partial charge in [-0.25, -0.2) is 0 Å². The van der Waals surface area contributed by atoms with Crippen LogP contribution < -0.4 is 0 Å². The molecule has 0 saturated carbocycles. The first-order valence-electron chi connectivity index (χ1n) is 4.90. The highest BCUT2D eigenvalue weighted by atomic mass is 127. The Morgan fingerprint density at radius 3 is 2.65 bits per heavy atom. The third-order valence-electron chi connectivity index (χ3n) is 2.24. The second-order valence-electron chi connectivity index (χ2n) is 3.47. The monoisotopic (exact) mass is 337 g/mol. The number of ketones is 1. The highest BCUT2D eigenvalue weighted by Gasteiger charge is 2.07. The maximum absolute atomic E-state index is 11.9. The molecule has 84 valence electrons. The number of nitriles is 1. The van der Waals surface area contributed by atoms with Crippen LogP contribution in [0.2, 0.25) is 0 Å². The molecule has 0 saturated heterocycles. The van der Waals surface area contributed by atoms with Crippen LogP contribution in [0.5, 0.6) is 0 Å². The number of aromatic nitrogens is 2. The van der Waals surface area contributed by atoms with E-state index in [1.54, 1.807) is 35.1 Å². The molecule has 0 radical (unpaired) electrons. The maximum atomic E-state index is 11.9. The van der Waals surface area contributed by atoms with E-state index in [9.17, 15) is 4.79 Å². The van der Waals surface area contributed by atoms with Gasteiger partial charge in [0, 0.05) is 11.8 Å². The van der Waals surface area contributed by atoms with E-state index >= 15 is 0 Å². The lowest BCUT2D eigenvalue weighted by molar-refractivity contribution is 0.0967. The van der Waals surface area contributed by atoms with Gasteiger partial charge in [-0.15, -0.1) is 0 Å². The lowest BCUT2D eigenvalue weighted by atomic mass is 10.1. The van der Waals surface area contributed by atoms with Gasteiger partial charge in [-0.2, -0.15) is 10.4 Å². The number of carbonyl (C=O) groups is 1. The molecule has 1 aromatic heterocycles. The fraction of sp³-hybridized carbons (Fsp3) is 0.0833. The summed E-state index contributed by atoms with van der Waals surface area (Å²) in [5.41, 5.74) is 1.14. The van der Waals surface area contributed by atoms with Gasteiger partial charge in [-0.3, -0.25) is 9.48 Å². The summed E-state index contributed by atoms with van der Waals surface area (Å²) < 4.78 is 2.60. The number of nitrogens with zero attached hydrogens (tertiary/aromatic N) is 3. The van der Waals surface area contributed by atoms with Crippen molar-refractivity contribution in [2.45, 2.75) is 6.54 Å². The van der Waals surface area contributed by atoms with E-state index < -0.39 is 0 Å². The molecule has 0 aliphatic heterocycles.